The molecule has 0 bridgehead atoms. The summed E-state index contributed by atoms with van der Waals surface area (Å²) < 4.78 is 10.6. The Morgan fingerprint density at radius 2 is 1.57 bits per heavy atom. The highest BCUT2D eigenvalue weighted by molar-refractivity contribution is 6.06. The van der Waals surface area contributed by atoms with Crippen LogP contribution in [0, 0.1) is 0 Å². The summed E-state index contributed by atoms with van der Waals surface area (Å²) in [4.78, 5) is 11.9. The number of rotatable bonds is 3. The monoisotopic (exact) mass is 278 g/mol. The number of benzene rings is 2. The van der Waals surface area contributed by atoms with E-state index in [1.54, 1.807) is 0 Å². The molecule has 0 aromatic heterocycles. The van der Waals surface area contributed by atoms with Gasteiger partial charge in [-0.05, 0) is 17.2 Å². The summed E-state index contributed by atoms with van der Waals surface area (Å²) in [6.07, 6.45) is 1.84. The molecule has 0 radical (unpaired) electrons. The molecule has 1 aliphatic heterocycles. The largest absolute Gasteiger partial charge is 0.489 e. The molecule has 3 nitrogen and oxygen atoms in total. The van der Waals surface area contributed by atoms with Crippen molar-refractivity contribution < 1.29 is 14.3 Å². The molecule has 2 aromatic carbocycles. The zero-order valence-electron chi connectivity index (χ0n) is 11.6. The van der Waals surface area contributed by atoms with E-state index in [2.05, 4.69) is 0 Å². The SMILES string of the molecule is COC1=C(c2ccccc2)/C(=C/c2ccccc2)OC1=O. The fourth-order valence-corrected chi connectivity index (χ4v) is 2.28. The third-order valence-corrected chi connectivity index (χ3v) is 3.23. The summed E-state index contributed by atoms with van der Waals surface area (Å²) >= 11 is 0. The summed E-state index contributed by atoms with van der Waals surface area (Å²) in [6.45, 7) is 0. The van der Waals surface area contributed by atoms with Gasteiger partial charge in [0, 0.05) is 0 Å². The van der Waals surface area contributed by atoms with Gasteiger partial charge in [0.2, 0.25) is 5.76 Å². The van der Waals surface area contributed by atoms with Crippen molar-refractivity contribution in [3.8, 4) is 0 Å². The van der Waals surface area contributed by atoms with E-state index in [0.29, 0.717) is 11.3 Å². The lowest BCUT2D eigenvalue weighted by Crippen LogP contribution is -2.00. The van der Waals surface area contributed by atoms with Crippen molar-refractivity contribution in [3.63, 3.8) is 0 Å². The summed E-state index contributed by atoms with van der Waals surface area (Å²) in [5, 5.41) is 0. The molecule has 1 aliphatic rings. The van der Waals surface area contributed by atoms with Crippen LogP contribution in [0.5, 0.6) is 0 Å². The number of esters is 1. The van der Waals surface area contributed by atoms with E-state index >= 15 is 0 Å². The minimum absolute atomic E-state index is 0.239. The van der Waals surface area contributed by atoms with Crippen molar-refractivity contribution >= 4 is 17.6 Å². The van der Waals surface area contributed by atoms with Gasteiger partial charge in [0.15, 0.2) is 0 Å². The van der Waals surface area contributed by atoms with E-state index in [9.17, 15) is 4.79 Å². The molecule has 3 heteroatoms. The Balaban J connectivity index is 2.12. The molecule has 1 heterocycles. The van der Waals surface area contributed by atoms with E-state index in [0.717, 1.165) is 11.1 Å². The van der Waals surface area contributed by atoms with Gasteiger partial charge in [-0.15, -0.1) is 0 Å². The molecule has 0 saturated heterocycles. The first-order valence-electron chi connectivity index (χ1n) is 6.62. The number of hydrogen-bond donors (Lipinski definition) is 0. The van der Waals surface area contributed by atoms with Crippen molar-refractivity contribution in [1.29, 1.82) is 0 Å². The van der Waals surface area contributed by atoms with Crippen LogP contribution in [0.25, 0.3) is 11.6 Å². The van der Waals surface area contributed by atoms with Gasteiger partial charge in [0.05, 0.1) is 12.7 Å². The molecule has 104 valence electrons. The molecular weight excluding hydrogens is 264 g/mol. The van der Waals surface area contributed by atoms with Crippen molar-refractivity contribution in [2.24, 2.45) is 0 Å². The molecule has 3 rings (SSSR count). The van der Waals surface area contributed by atoms with Gasteiger partial charge in [0.1, 0.15) is 5.76 Å². The van der Waals surface area contributed by atoms with Gasteiger partial charge in [-0.2, -0.15) is 0 Å². The Kier molecular flexibility index (Phi) is 3.56. The summed E-state index contributed by atoms with van der Waals surface area (Å²) in [7, 11) is 1.48. The highest BCUT2D eigenvalue weighted by Crippen LogP contribution is 2.35. The van der Waals surface area contributed by atoms with Crippen molar-refractivity contribution in [3.05, 3.63) is 83.3 Å². The first kappa shape index (κ1) is 13.2. The van der Waals surface area contributed by atoms with Crippen LogP contribution in [0.1, 0.15) is 11.1 Å². The molecule has 0 fully saturated rings. The van der Waals surface area contributed by atoms with Crippen molar-refractivity contribution in [2.75, 3.05) is 7.11 Å². The standard InChI is InChI=1S/C18H14O3/c1-20-17-16(14-10-6-3-7-11-14)15(21-18(17)19)12-13-8-4-2-5-9-13/h2-12H,1H3/b15-12-. The number of carbonyl (C=O) groups excluding carboxylic acids is 1. The Morgan fingerprint density at radius 1 is 0.952 bits per heavy atom. The maximum Gasteiger partial charge on any atom is 0.379 e. The first-order valence-corrected chi connectivity index (χ1v) is 6.62. The van der Waals surface area contributed by atoms with Crippen molar-refractivity contribution in [1.82, 2.24) is 0 Å². The second kappa shape index (κ2) is 5.67. The minimum atomic E-state index is -0.460. The lowest BCUT2D eigenvalue weighted by atomic mass is 10.0. The summed E-state index contributed by atoms with van der Waals surface area (Å²) in [6, 6.07) is 19.3. The summed E-state index contributed by atoms with van der Waals surface area (Å²) in [5.74, 6) is 0.288. The van der Waals surface area contributed by atoms with E-state index in [-0.39, 0.29) is 5.76 Å². The third-order valence-electron chi connectivity index (χ3n) is 3.23. The van der Waals surface area contributed by atoms with E-state index in [4.69, 9.17) is 9.47 Å². The number of ether oxygens (including phenoxy) is 2. The van der Waals surface area contributed by atoms with Crippen LogP contribution in [0.2, 0.25) is 0 Å². The van der Waals surface area contributed by atoms with Gasteiger partial charge in [-0.3, -0.25) is 0 Å². The average molecular weight is 278 g/mol. The number of carbonyl (C=O) groups is 1. The minimum Gasteiger partial charge on any atom is -0.489 e. The van der Waals surface area contributed by atoms with E-state index < -0.39 is 5.97 Å². The van der Waals surface area contributed by atoms with Crippen LogP contribution < -0.4 is 0 Å². The van der Waals surface area contributed by atoms with Gasteiger partial charge in [-0.1, -0.05) is 60.7 Å². The molecule has 21 heavy (non-hydrogen) atoms. The predicted octanol–water partition coefficient (Wildman–Crippen LogP) is 3.64. The first-order chi connectivity index (χ1) is 10.3. The lowest BCUT2D eigenvalue weighted by Gasteiger charge is -2.05. The molecule has 0 N–H and O–H groups in total. The molecule has 0 aliphatic carbocycles. The third kappa shape index (κ3) is 2.58. The average Bonchev–Trinajstić information content (AvgIpc) is 2.84. The Labute approximate surface area is 123 Å². The van der Waals surface area contributed by atoms with Crippen LogP contribution in [-0.4, -0.2) is 13.1 Å². The Bertz CT molecular complexity index is 713. The van der Waals surface area contributed by atoms with E-state index in [1.165, 1.54) is 7.11 Å². The van der Waals surface area contributed by atoms with Gasteiger partial charge in [0.25, 0.3) is 0 Å². The highest BCUT2D eigenvalue weighted by atomic mass is 16.6. The Morgan fingerprint density at radius 3 is 2.19 bits per heavy atom. The maximum absolute atomic E-state index is 11.9. The Hall–Kier alpha value is -2.81. The second-order valence-electron chi connectivity index (χ2n) is 4.58. The molecule has 0 amide bonds. The van der Waals surface area contributed by atoms with Gasteiger partial charge >= 0.3 is 5.97 Å². The zero-order valence-corrected chi connectivity index (χ0v) is 11.6. The number of hydrogen-bond acceptors (Lipinski definition) is 3. The molecule has 0 saturated carbocycles. The van der Waals surface area contributed by atoms with E-state index in [1.807, 2.05) is 66.7 Å². The maximum atomic E-state index is 11.9. The number of allylic oxidation sites excluding steroid dienone is 1. The normalized spacial score (nSPS) is 16.2. The summed E-state index contributed by atoms with van der Waals surface area (Å²) in [5.41, 5.74) is 2.54. The van der Waals surface area contributed by atoms with Crippen molar-refractivity contribution in [2.45, 2.75) is 0 Å². The quantitative estimate of drug-likeness (QED) is 0.804. The topological polar surface area (TPSA) is 35.5 Å². The zero-order chi connectivity index (χ0) is 14.7. The van der Waals surface area contributed by atoms with Gasteiger partial charge < -0.3 is 9.47 Å². The number of cyclic esters (lactones) is 1. The highest BCUT2D eigenvalue weighted by Gasteiger charge is 2.32. The molecular formula is C18H14O3. The molecule has 0 unspecified atom stereocenters. The van der Waals surface area contributed by atoms with Gasteiger partial charge in [-0.25, -0.2) is 4.79 Å². The molecule has 0 atom stereocenters. The van der Waals surface area contributed by atoms with Crippen LogP contribution >= 0.6 is 0 Å². The molecule has 2 aromatic rings. The number of methoxy groups -OCH3 is 1. The smallest absolute Gasteiger partial charge is 0.379 e. The molecule has 0 spiro atoms. The van der Waals surface area contributed by atoms with Crippen LogP contribution in [0.15, 0.2) is 72.2 Å². The fourth-order valence-electron chi connectivity index (χ4n) is 2.28. The van der Waals surface area contributed by atoms with Crippen LogP contribution in [0.4, 0.5) is 0 Å². The van der Waals surface area contributed by atoms with Crippen LogP contribution in [-0.2, 0) is 14.3 Å². The predicted molar refractivity (Wildman–Crippen MR) is 80.9 cm³/mol. The lowest BCUT2D eigenvalue weighted by molar-refractivity contribution is -0.136. The fraction of sp³-hybridized carbons (Fsp3) is 0.0556. The second-order valence-corrected chi connectivity index (χ2v) is 4.58. The van der Waals surface area contributed by atoms with Crippen LogP contribution in [0.3, 0.4) is 0 Å².